The Morgan fingerprint density at radius 3 is 2.94 bits per heavy atom. The largest absolute Gasteiger partial charge is 0.308 e. The summed E-state index contributed by atoms with van der Waals surface area (Å²) in [6, 6.07) is 8.35. The van der Waals surface area contributed by atoms with Crippen molar-refractivity contribution in [1.82, 2.24) is 5.32 Å². The Kier molecular flexibility index (Phi) is 4.02. The number of carbonyl (C=O) groups is 1. The van der Waals surface area contributed by atoms with E-state index >= 15 is 0 Å². The number of amides is 1. The quantitative estimate of drug-likeness (QED) is 0.884. The molecule has 18 heavy (non-hydrogen) atoms. The van der Waals surface area contributed by atoms with Crippen molar-refractivity contribution in [1.29, 1.82) is 0 Å². The van der Waals surface area contributed by atoms with Gasteiger partial charge >= 0.3 is 0 Å². The van der Waals surface area contributed by atoms with Gasteiger partial charge in [-0.25, -0.2) is 0 Å². The predicted octanol–water partition coefficient (Wildman–Crippen LogP) is 2.35. The Labute approximate surface area is 109 Å². The van der Waals surface area contributed by atoms with Crippen LogP contribution in [-0.4, -0.2) is 24.5 Å². The second-order valence-corrected chi connectivity index (χ2v) is 5.07. The van der Waals surface area contributed by atoms with Crippen LogP contribution in [0.4, 0.5) is 5.69 Å². The molecule has 0 aromatic heterocycles. The van der Waals surface area contributed by atoms with E-state index in [2.05, 4.69) is 25.2 Å². The minimum atomic E-state index is -0.112. The number of para-hydroxylation sites is 1. The summed E-state index contributed by atoms with van der Waals surface area (Å²) in [4.78, 5) is 14.4. The summed E-state index contributed by atoms with van der Waals surface area (Å²) in [5.41, 5.74) is 2.36. The highest BCUT2D eigenvalue weighted by Gasteiger charge is 2.32. The van der Waals surface area contributed by atoms with Gasteiger partial charge in [0.05, 0.1) is 6.04 Å². The molecule has 1 N–H and O–H groups in total. The number of nitrogens with one attached hydrogen (secondary N) is 1. The molecule has 0 radical (unpaired) electrons. The summed E-state index contributed by atoms with van der Waals surface area (Å²) in [5.74, 6) is 0.181. The van der Waals surface area contributed by atoms with Crippen molar-refractivity contribution in [3.63, 3.8) is 0 Å². The number of rotatable bonds is 4. The van der Waals surface area contributed by atoms with E-state index in [-0.39, 0.29) is 18.0 Å². The zero-order valence-corrected chi connectivity index (χ0v) is 11.4. The van der Waals surface area contributed by atoms with Gasteiger partial charge < -0.3 is 10.2 Å². The van der Waals surface area contributed by atoms with Crippen molar-refractivity contribution < 1.29 is 4.79 Å². The molecule has 1 aromatic rings. The van der Waals surface area contributed by atoms with Gasteiger partial charge in [-0.05, 0) is 44.9 Å². The molecule has 2 unspecified atom stereocenters. The SMILES string of the molecule is CCCNC(C)C(=O)N1c2ccccc2CC1C. The Hall–Kier alpha value is -1.35. The van der Waals surface area contributed by atoms with Crippen LogP contribution in [0.15, 0.2) is 24.3 Å². The lowest BCUT2D eigenvalue weighted by molar-refractivity contribution is -0.120. The van der Waals surface area contributed by atoms with Crippen molar-refractivity contribution in [2.75, 3.05) is 11.4 Å². The fraction of sp³-hybridized carbons (Fsp3) is 0.533. The molecular formula is C15H22N2O. The molecule has 0 bridgehead atoms. The minimum absolute atomic E-state index is 0.112. The number of hydrogen-bond acceptors (Lipinski definition) is 2. The average molecular weight is 246 g/mol. The third kappa shape index (κ3) is 2.41. The predicted molar refractivity (Wildman–Crippen MR) is 74.8 cm³/mol. The molecule has 3 heteroatoms. The lowest BCUT2D eigenvalue weighted by Gasteiger charge is -2.26. The summed E-state index contributed by atoms with van der Waals surface area (Å²) in [5, 5.41) is 3.27. The third-order valence-electron chi connectivity index (χ3n) is 3.52. The molecule has 1 aliphatic heterocycles. The third-order valence-corrected chi connectivity index (χ3v) is 3.52. The zero-order chi connectivity index (χ0) is 13.1. The summed E-state index contributed by atoms with van der Waals surface area (Å²) >= 11 is 0. The molecule has 0 spiro atoms. The van der Waals surface area contributed by atoms with Crippen LogP contribution in [0.1, 0.15) is 32.8 Å². The number of anilines is 1. The van der Waals surface area contributed by atoms with Gasteiger partial charge in [0.25, 0.3) is 0 Å². The van der Waals surface area contributed by atoms with Gasteiger partial charge in [0.15, 0.2) is 0 Å². The van der Waals surface area contributed by atoms with Crippen molar-refractivity contribution in [3.05, 3.63) is 29.8 Å². The Morgan fingerprint density at radius 1 is 1.50 bits per heavy atom. The fourth-order valence-electron chi connectivity index (χ4n) is 2.56. The summed E-state index contributed by atoms with van der Waals surface area (Å²) in [6.07, 6.45) is 2.01. The van der Waals surface area contributed by atoms with Gasteiger partial charge in [0, 0.05) is 11.7 Å². The van der Waals surface area contributed by atoms with Crippen LogP contribution < -0.4 is 10.2 Å². The molecular weight excluding hydrogens is 224 g/mol. The summed E-state index contributed by atoms with van der Waals surface area (Å²) in [7, 11) is 0. The van der Waals surface area contributed by atoms with Gasteiger partial charge in [-0.2, -0.15) is 0 Å². The standard InChI is InChI=1S/C15H22N2O/c1-4-9-16-12(3)15(18)17-11(2)10-13-7-5-6-8-14(13)17/h5-8,11-12,16H,4,9-10H2,1-3H3. The number of benzene rings is 1. The first-order valence-corrected chi connectivity index (χ1v) is 6.79. The normalized spacial score (nSPS) is 19.7. The molecule has 1 aromatic carbocycles. The Morgan fingerprint density at radius 2 is 2.22 bits per heavy atom. The lowest BCUT2D eigenvalue weighted by atomic mass is 10.1. The van der Waals surface area contributed by atoms with Crippen LogP contribution >= 0.6 is 0 Å². The maximum Gasteiger partial charge on any atom is 0.244 e. The van der Waals surface area contributed by atoms with Gasteiger partial charge in [-0.15, -0.1) is 0 Å². The summed E-state index contributed by atoms with van der Waals surface area (Å²) in [6.45, 7) is 7.06. The maximum atomic E-state index is 12.5. The highest BCUT2D eigenvalue weighted by Crippen LogP contribution is 2.32. The second kappa shape index (κ2) is 5.53. The highest BCUT2D eigenvalue weighted by molar-refractivity contribution is 5.99. The van der Waals surface area contributed by atoms with Crippen LogP contribution in [0.2, 0.25) is 0 Å². The molecule has 2 rings (SSSR count). The van der Waals surface area contributed by atoms with E-state index in [1.165, 1.54) is 5.56 Å². The van der Waals surface area contributed by atoms with Crippen LogP contribution in [0.3, 0.4) is 0 Å². The molecule has 0 saturated carbocycles. The van der Waals surface area contributed by atoms with Gasteiger partial charge in [-0.3, -0.25) is 4.79 Å². The number of nitrogens with zero attached hydrogens (tertiary/aromatic N) is 1. The van der Waals surface area contributed by atoms with Crippen LogP contribution in [0, 0.1) is 0 Å². The maximum absolute atomic E-state index is 12.5. The van der Waals surface area contributed by atoms with Gasteiger partial charge in [0.1, 0.15) is 0 Å². The molecule has 98 valence electrons. The Balaban J connectivity index is 2.15. The van der Waals surface area contributed by atoms with E-state index in [0.29, 0.717) is 0 Å². The molecule has 1 amide bonds. The summed E-state index contributed by atoms with van der Waals surface area (Å²) < 4.78 is 0. The molecule has 1 heterocycles. The second-order valence-electron chi connectivity index (χ2n) is 5.07. The van der Waals surface area contributed by atoms with Crippen LogP contribution in [-0.2, 0) is 11.2 Å². The molecule has 1 aliphatic rings. The monoisotopic (exact) mass is 246 g/mol. The molecule has 0 saturated heterocycles. The van der Waals surface area contributed by atoms with Gasteiger partial charge in [-0.1, -0.05) is 25.1 Å². The molecule has 2 atom stereocenters. The fourth-order valence-corrected chi connectivity index (χ4v) is 2.56. The number of hydrogen-bond donors (Lipinski definition) is 1. The number of fused-ring (bicyclic) bond motifs is 1. The van der Waals surface area contributed by atoms with Crippen molar-refractivity contribution in [2.24, 2.45) is 0 Å². The smallest absolute Gasteiger partial charge is 0.244 e. The van der Waals surface area contributed by atoms with Crippen molar-refractivity contribution >= 4 is 11.6 Å². The van der Waals surface area contributed by atoms with E-state index in [1.807, 2.05) is 30.0 Å². The van der Waals surface area contributed by atoms with E-state index in [1.54, 1.807) is 0 Å². The van der Waals surface area contributed by atoms with Crippen LogP contribution in [0.25, 0.3) is 0 Å². The van der Waals surface area contributed by atoms with Crippen molar-refractivity contribution in [2.45, 2.75) is 45.7 Å². The highest BCUT2D eigenvalue weighted by atomic mass is 16.2. The molecule has 0 aliphatic carbocycles. The zero-order valence-electron chi connectivity index (χ0n) is 11.4. The topological polar surface area (TPSA) is 32.3 Å². The molecule has 3 nitrogen and oxygen atoms in total. The van der Waals surface area contributed by atoms with E-state index < -0.39 is 0 Å². The van der Waals surface area contributed by atoms with E-state index in [0.717, 1.165) is 25.1 Å². The molecule has 0 fully saturated rings. The van der Waals surface area contributed by atoms with Gasteiger partial charge in [0.2, 0.25) is 5.91 Å². The first-order valence-electron chi connectivity index (χ1n) is 6.79. The first-order chi connectivity index (χ1) is 8.65. The minimum Gasteiger partial charge on any atom is -0.308 e. The number of carbonyl (C=O) groups excluding carboxylic acids is 1. The van der Waals surface area contributed by atoms with Crippen LogP contribution in [0.5, 0.6) is 0 Å². The Bertz CT molecular complexity index is 430. The van der Waals surface area contributed by atoms with E-state index in [9.17, 15) is 4.79 Å². The van der Waals surface area contributed by atoms with Crippen molar-refractivity contribution in [3.8, 4) is 0 Å². The lowest BCUT2D eigenvalue weighted by Crippen LogP contribution is -2.47. The van der Waals surface area contributed by atoms with E-state index in [4.69, 9.17) is 0 Å². The average Bonchev–Trinajstić information content (AvgIpc) is 2.70. The first kappa shape index (κ1) is 13.1.